The molecule has 4 heterocycles. The van der Waals surface area contributed by atoms with Gasteiger partial charge in [0.2, 0.25) is 0 Å². The molecule has 0 saturated carbocycles. The second kappa shape index (κ2) is 14.5. The molecule has 1 unspecified atom stereocenters. The lowest BCUT2D eigenvalue weighted by atomic mass is 10.0. The molecule has 47 heavy (non-hydrogen) atoms. The fourth-order valence-electron chi connectivity index (χ4n) is 7.25. The van der Waals surface area contributed by atoms with Crippen LogP contribution in [0.5, 0.6) is 0 Å². The number of likely N-dealkylation sites (tertiary alicyclic amines) is 1. The molecule has 2 aromatic carbocycles. The molecule has 3 saturated heterocycles. The molecule has 0 radical (unpaired) electrons. The second-order valence-corrected chi connectivity index (χ2v) is 12.9. The number of piperazine rings is 1. The number of benzene rings is 2. The summed E-state index contributed by atoms with van der Waals surface area (Å²) < 4.78 is 46.3. The summed E-state index contributed by atoms with van der Waals surface area (Å²) in [6, 6.07) is 12.8. The van der Waals surface area contributed by atoms with Gasteiger partial charge in [-0.05, 0) is 68.5 Å². The van der Waals surface area contributed by atoms with Crippen LogP contribution in [0, 0.1) is 0 Å². The van der Waals surface area contributed by atoms with Crippen molar-refractivity contribution in [3.05, 3.63) is 65.2 Å². The summed E-state index contributed by atoms with van der Waals surface area (Å²) in [5.74, 6) is -0.392. The molecule has 254 valence electrons. The van der Waals surface area contributed by atoms with Gasteiger partial charge in [-0.3, -0.25) is 9.69 Å². The van der Waals surface area contributed by atoms with Crippen molar-refractivity contribution in [1.29, 1.82) is 0 Å². The maximum atomic E-state index is 13.8. The van der Waals surface area contributed by atoms with Crippen molar-refractivity contribution in [3.8, 4) is 0 Å². The fourth-order valence-corrected chi connectivity index (χ4v) is 7.25. The average Bonchev–Trinajstić information content (AvgIpc) is 3.26. The summed E-state index contributed by atoms with van der Waals surface area (Å²) in [6.45, 7) is 5.49. The third-order valence-electron chi connectivity index (χ3n) is 9.95. The van der Waals surface area contributed by atoms with Crippen molar-refractivity contribution in [2.75, 3.05) is 64.2 Å². The molecule has 0 aliphatic carbocycles. The number of fused-ring (bicyclic) bond motifs is 1. The summed E-state index contributed by atoms with van der Waals surface area (Å²) in [5.41, 5.74) is 1.34. The number of carbonyl (C=O) groups is 3. The number of anilines is 1. The first-order chi connectivity index (χ1) is 22.7. The molecule has 0 spiro atoms. The highest BCUT2D eigenvalue weighted by molar-refractivity contribution is 5.91. The molecule has 2 aromatic rings. The van der Waals surface area contributed by atoms with Crippen molar-refractivity contribution < 1.29 is 32.3 Å². The topological polar surface area (TPSA) is 97.5 Å². The van der Waals surface area contributed by atoms with Crippen molar-refractivity contribution in [1.82, 2.24) is 24.9 Å². The molecule has 0 aromatic heterocycles. The number of amides is 4. The van der Waals surface area contributed by atoms with Crippen LogP contribution in [0.4, 0.5) is 28.4 Å². The zero-order chi connectivity index (χ0) is 33.0. The fraction of sp³-hybridized carbons (Fsp3) is 0.559. The van der Waals surface area contributed by atoms with Crippen molar-refractivity contribution >= 4 is 23.7 Å². The van der Waals surface area contributed by atoms with Crippen LogP contribution in [-0.4, -0.2) is 115 Å². The molecule has 3 fully saturated rings. The van der Waals surface area contributed by atoms with Crippen LogP contribution in [0.3, 0.4) is 0 Å². The summed E-state index contributed by atoms with van der Waals surface area (Å²) >= 11 is 0. The lowest BCUT2D eigenvalue weighted by Gasteiger charge is -2.41. The summed E-state index contributed by atoms with van der Waals surface area (Å²) in [4.78, 5) is 47.7. The van der Waals surface area contributed by atoms with Gasteiger partial charge in [-0.2, -0.15) is 13.2 Å². The Bertz CT molecular complexity index is 1420. The normalized spacial score (nSPS) is 21.1. The zero-order valence-electron chi connectivity index (χ0n) is 26.5. The molecule has 10 nitrogen and oxygen atoms in total. The first-order valence-corrected chi connectivity index (χ1v) is 16.7. The van der Waals surface area contributed by atoms with E-state index in [2.05, 4.69) is 15.5 Å². The molecular weight excluding hydrogens is 613 g/mol. The van der Waals surface area contributed by atoms with E-state index in [1.54, 1.807) is 4.90 Å². The van der Waals surface area contributed by atoms with Gasteiger partial charge in [0.15, 0.2) is 6.10 Å². The van der Waals surface area contributed by atoms with E-state index in [0.29, 0.717) is 64.7 Å². The standard InChI is InChI=1S/C34H43F3N6O4/c35-34(36,37)26-6-3-4-24(22-26)23-30(31(44)41-20-18-40(19-21-41)27-8-13-38-14-9-27)47-33(46)42-15-11-28(12-16-42)43-17-10-25-5-1-2-7-29(25)39-32(43)45/h1-7,22,27-28,30,38H,8-21,23H2,(H,39,45). The van der Waals surface area contributed by atoms with Crippen LogP contribution in [-0.2, 0) is 28.5 Å². The quantitative estimate of drug-likeness (QED) is 0.484. The van der Waals surface area contributed by atoms with E-state index in [0.717, 1.165) is 55.7 Å². The van der Waals surface area contributed by atoms with Crippen LogP contribution in [0.1, 0.15) is 42.4 Å². The maximum Gasteiger partial charge on any atom is 0.416 e. The molecule has 0 bridgehead atoms. The van der Waals surface area contributed by atoms with Gasteiger partial charge < -0.3 is 30.1 Å². The largest absolute Gasteiger partial charge is 0.436 e. The maximum absolute atomic E-state index is 13.8. The first-order valence-electron chi connectivity index (χ1n) is 16.7. The first kappa shape index (κ1) is 33.1. The SMILES string of the molecule is O=C(OC(Cc1cccc(C(F)(F)F)c1)C(=O)N1CCN(C2CCNCC2)CC1)N1CCC(N2CCc3ccccc3NC2=O)CC1. The van der Waals surface area contributed by atoms with Crippen LogP contribution in [0.2, 0.25) is 0 Å². The Balaban J connectivity index is 1.09. The minimum atomic E-state index is -4.53. The van der Waals surface area contributed by atoms with Gasteiger partial charge in [-0.1, -0.05) is 36.4 Å². The number of piperidine rings is 2. The summed E-state index contributed by atoms with van der Waals surface area (Å²) in [5, 5.41) is 6.36. The van der Waals surface area contributed by atoms with E-state index >= 15 is 0 Å². The van der Waals surface area contributed by atoms with Crippen LogP contribution >= 0.6 is 0 Å². The molecular formula is C34H43F3N6O4. The van der Waals surface area contributed by atoms with Crippen LogP contribution in [0.25, 0.3) is 0 Å². The Morgan fingerprint density at radius 3 is 2.30 bits per heavy atom. The number of carbonyl (C=O) groups excluding carboxylic acids is 3. The summed E-state index contributed by atoms with van der Waals surface area (Å²) in [6.07, 6.45) is -2.70. The smallest absolute Gasteiger partial charge is 0.416 e. The Morgan fingerprint density at radius 2 is 1.57 bits per heavy atom. The number of hydrogen-bond donors (Lipinski definition) is 2. The monoisotopic (exact) mass is 656 g/mol. The Kier molecular flexibility index (Phi) is 10.2. The van der Waals surface area contributed by atoms with Gasteiger partial charge in [-0.15, -0.1) is 0 Å². The van der Waals surface area contributed by atoms with Gasteiger partial charge >= 0.3 is 18.3 Å². The number of alkyl halides is 3. The van der Waals surface area contributed by atoms with Gasteiger partial charge in [-0.25, -0.2) is 9.59 Å². The number of nitrogens with one attached hydrogen (secondary N) is 2. The van der Waals surface area contributed by atoms with E-state index in [1.165, 1.54) is 17.0 Å². The number of hydrogen-bond acceptors (Lipinski definition) is 6. The van der Waals surface area contributed by atoms with Gasteiger partial charge in [0.1, 0.15) is 0 Å². The third kappa shape index (κ3) is 8.01. The predicted octanol–water partition coefficient (Wildman–Crippen LogP) is 4.20. The summed E-state index contributed by atoms with van der Waals surface area (Å²) in [7, 11) is 0. The van der Waals surface area contributed by atoms with Gasteiger partial charge in [0, 0.05) is 70.0 Å². The number of ether oxygens (including phenoxy) is 1. The molecule has 4 amide bonds. The Morgan fingerprint density at radius 1 is 0.851 bits per heavy atom. The van der Waals surface area contributed by atoms with Crippen molar-refractivity contribution in [2.24, 2.45) is 0 Å². The molecule has 13 heteroatoms. The molecule has 2 N–H and O–H groups in total. The predicted molar refractivity (Wildman–Crippen MR) is 170 cm³/mol. The van der Waals surface area contributed by atoms with E-state index < -0.39 is 29.8 Å². The molecule has 4 aliphatic rings. The minimum Gasteiger partial charge on any atom is -0.436 e. The van der Waals surface area contributed by atoms with Gasteiger partial charge in [0.05, 0.1) is 5.56 Å². The second-order valence-electron chi connectivity index (χ2n) is 12.9. The number of rotatable bonds is 6. The van der Waals surface area contributed by atoms with E-state index in [1.807, 2.05) is 29.2 Å². The highest BCUT2D eigenvalue weighted by Crippen LogP contribution is 2.30. The molecule has 1 atom stereocenters. The average molecular weight is 657 g/mol. The molecule has 4 aliphatic heterocycles. The minimum absolute atomic E-state index is 0.0628. The third-order valence-corrected chi connectivity index (χ3v) is 9.95. The van der Waals surface area contributed by atoms with E-state index in [-0.39, 0.29) is 24.1 Å². The number of para-hydroxylation sites is 1. The van der Waals surface area contributed by atoms with Crippen molar-refractivity contribution in [2.45, 2.75) is 62.9 Å². The van der Waals surface area contributed by atoms with E-state index in [9.17, 15) is 27.6 Å². The number of halogens is 3. The molecule has 6 rings (SSSR count). The Hall–Kier alpha value is -3.84. The van der Waals surface area contributed by atoms with E-state index in [4.69, 9.17) is 4.74 Å². The highest BCUT2D eigenvalue weighted by atomic mass is 19.4. The zero-order valence-corrected chi connectivity index (χ0v) is 26.5. The van der Waals surface area contributed by atoms with Crippen molar-refractivity contribution in [3.63, 3.8) is 0 Å². The lowest BCUT2D eigenvalue weighted by molar-refractivity contribution is -0.143. The van der Waals surface area contributed by atoms with Crippen LogP contribution < -0.4 is 10.6 Å². The number of nitrogens with zero attached hydrogens (tertiary/aromatic N) is 4. The van der Waals surface area contributed by atoms with Gasteiger partial charge in [0.25, 0.3) is 5.91 Å². The Labute approximate surface area is 273 Å². The number of urea groups is 1. The lowest BCUT2D eigenvalue weighted by Crippen LogP contribution is -2.56. The van der Waals surface area contributed by atoms with Crippen LogP contribution in [0.15, 0.2) is 48.5 Å². The highest BCUT2D eigenvalue weighted by Gasteiger charge is 2.37.